The van der Waals surface area contributed by atoms with Gasteiger partial charge in [0.1, 0.15) is 0 Å². The van der Waals surface area contributed by atoms with Crippen LogP contribution < -0.4 is 0 Å². The molecule has 1 fully saturated rings. The molecular formula is C14H26OSi. The monoisotopic (exact) mass is 238 g/mol. The van der Waals surface area contributed by atoms with Gasteiger partial charge in [-0.3, -0.25) is 0 Å². The van der Waals surface area contributed by atoms with Gasteiger partial charge in [-0.2, -0.15) is 0 Å². The zero-order chi connectivity index (χ0) is 12.2. The summed E-state index contributed by atoms with van der Waals surface area (Å²) in [5.74, 6) is 3.91. The molecule has 0 aromatic rings. The molecule has 0 aliphatic heterocycles. The van der Waals surface area contributed by atoms with Gasteiger partial charge in [-0.1, -0.05) is 46.0 Å². The Balaban J connectivity index is 2.47. The van der Waals surface area contributed by atoms with E-state index in [0.717, 1.165) is 0 Å². The summed E-state index contributed by atoms with van der Waals surface area (Å²) < 4.78 is 5.87. The molecule has 0 N–H and O–H groups in total. The highest BCUT2D eigenvalue weighted by Gasteiger charge is 2.38. The van der Waals surface area contributed by atoms with Gasteiger partial charge in [-0.25, -0.2) is 0 Å². The Morgan fingerprint density at radius 3 is 2.12 bits per heavy atom. The van der Waals surface area contributed by atoms with E-state index in [1.807, 2.05) is 0 Å². The maximum Gasteiger partial charge on any atom is 0.264 e. The zero-order valence-electron chi connectivity index (χ0n) is 11.5. The van der Waals surface area contributed by atoms with Crippen LogP contribution in [0.2, 0.25) is 18.1 Å². The summed E-state index contributed by atoms with van der Waals surface area (Å²) in [6, 6.07) is 0. The second kappa shape index (κ2) is 5.27. The van der Waals surface area contributed by atoms with Crippen molar-refractivity contribution in [2.24, 2.45) is 5.92 Å². The molecule has 1 aliphatic carbocycles. The molecule has 0 amide bonds. The van der Waals surface area contributed by atoms with Crippen molar-refractivity contribution in [3.8, 4) is 12.0 Å². The standard InChI is InChI=1S/C14H26OSi/c1-14(2,3)16(4,5)15-12-11-13-9-7-6-8-10-13/h13H,6-10H2,1-5H3. The van der Waals surface area contributed by atoms with E-state index < -0.39 is 8.32 Å². The molecule has 0 radical (unpaired) electrons. The molecule has 1 saturated carbocycles. The third-order valence-electron chi connectivity index (χ3n) is 3.98. The molecule has 0 saturated heterocycles. The zero-order valence-corrected chi connectivity index (χ0v) is 12.5. The first-order valence-electron chi connectivity index (χ1n) is 6.51. The Morgan fingerprint density at radius 2 is 1.62 bits per heavy atom. The highest BCUT2D eigenvalue weighted by Crippen LogP contribution is 2.36. The Labute approximate surface area is 102 Å². The lowest BCUT2D eigenvalue weighted by molar-refractivity contribution is 0.421. The second-order valence-electron chi connectivity index (χ2n) is 6.44. The lowest BCUT2D eigenvalue weighted by Gasteiger charge is -2.33. The second-order valence-corrected chi connectivity index (χ2v) is 11.2. The SMILES string of the molecule is CC(C)(C)[Si](C)(C)OC#CC1CCCCC1. The predicted octanol–water partition coefficient (Wildman–Crippen LogP) is 4.55. The summed E-state index contributed by atoms with van der Waals surface area (Å²) in [5, 5.41) is 0.258. The van der Waals surface area contributed by atoms with Gasteiger partial charge in [0.25, 0.3) is 8.32 Å². The van der Waals surface area contributed by atoms with Crippen LogP contribution in [0.15, 0.2) is 0 Å². The number of rotatable bonds is 1. The van der Waals surface area contributed by atoms with Crippen molar-refractivity contribution < 1.29 is 4.43 Å². The Morgan fingerprint density at radius 1 is 1.06 bits per heavy atom. The smallest absolute Gasteiger partial charge is 0.264 e. The van der Waals surface area contributed by atoms with Gasteiger partial charge in [0.05, 0.1) is 6.11 Å². The maximum absolute atomic E-state index is 5.87. The minimum absolute atomic E-state index is 0.258. The van der Waals surface area contributed by atoms with Crippen LogP contribution in [0.25, 0.3) is 0 Å². The van der Waals surface area contributed by atoms with Gasteiger partial charge >= 0.3 is 0 Å². The third kappa shape index (κ3) is 3.86. The molecule has 0 unspecified atom stereocenters. The average molecular weight is 238 g/mol. The summed E-state index contributed by atoms with van der Waals surface area (Å²) in [6.07, 6.45) is 9.64. The first kappa shape index (κ1) is 13.6. The van der Waals surface area contributed by atoms with Crippen LogP contribution in [0.5, 0.6) is 0 Å². The first-order valence-corrected chi connectivity index (χ1v) is 9.42. The van der Waals surface area contributed by atoms with Gasteiger partial charge in [-0.15, -0.1) is 0 Å². The lowest BCUT2D eigenvalue weighted by atomic mass is 9.90. The van der Waals surface area contributed by atoms with Crippen molar-refractivity contribution in [1.82, 2.24) is 0 Å². The van der Waals surface area contributed by atoms with E-state index in [0.29, 0.717) is 5.92 Å². The van der Waals surface area contributed by atoms with Gasteiger partial charge in [0.2, 0.25) is 0 Å². The van der Waals surface area contributed by atoms with E-state index in [2.05, 4.69) is 45.9 Å². The van der Waals surface area contributed by atoms with Crippen LogP contribution in [0, 0.1) is 17.9 Å². The van der Waals surface area contributed by atoms with Crippen LogP contribution in [0.1, 0.15) is 52.9 Å². The van der Waals surface area contributed by atoms with E-state index in [4.69, 9.17) is 4.43 Å². The predicted molar refractivity (Wildman–Crippen MR) is 72.6 cm³/mol. The molecule has 0 bridgehead atoms. The first-order chi connectivity index (χ1) is 7.33. The Hall–Kier alpha value is -0.423. The lowest BCUT2D eigenvalue weighted by Crippen LogP contribution is -2.39. The van der Waals surface area contributed by atoms with Crippen molar-refractivity contribution in [2.45, 2.75) is 71.0 Å². The van der Waals surface area contributed by atoms with Crippen LogP contribution in [0.3, 0.4) is 0 Å². The van der Waals surface area contributed by atoms with E-state index >= 15 is 0 Å². The molecule has 0 heterocycles. The van der Waals surface area contributed by atoms with Crippen LogP contribution in [-0.2, 0) is 4.43 Å². The van der Waals surface area contributed by atoms with Gasteiger partial charge in [-0.05, 0) is 31.0 Å². The fraction of sp³-hybridized carbons (Fsp3) is 0.857. The van der Waals surface area contributed by atoms with Gasteiger partial charge in [0.15, 0.2) is 0 Å². The summed E-state index contributed by atoms with van der Waals surface area (Å²) in [4.78, 5) is 0. The summed E-state index contributed by atoms with van der Waals surface area (Å²) >= 11 is 0. The van der Waals surface area contributed by atoms with E-state index in [1.165, 1.54) is 32.1 Å². The molecule has 0 aromatic carbocycles. The molecule has 92 valence electrons. The Bertz CT molecular complexity index is 271. The fourth-order valence-corrected chi connectivity index (χ4v) is 2.26. The van der Waals surface area contributed by atoms with E-state index in [1.54, 1.807) is 0 Å². The van der Waals surface area contributed by atoms with Crippen LogP contribution in [-0.4, -0.2) is 8.32 Å². The van der Waals surface area contributed by atoms with Gasteiger partial charge in [0, 0.05) is 5.92 Å². The molecule has 16 heavy (non-hydrogen) atoms. The number of hydrogen-bond acceptors (Lipinski definition) is 1. The van der Waals surface area contributed by atoms with Crippen molar-refractivity contribution in [3.05, 3.63) is 0 Å². The molecule has 2 heteroatoms. The molecule has 0 spiro atoms. The Kier molecular flexibility index (Phi) is 4.49. The molecular weight excluding hydrogens is 212 g/mol. The van der Waals surface area contributed by atoms with E-state index in [9.17, 15) is 0 Å². The fourth-order valence-electron chi connectivity index (χ4n) is 1.64. The highest BCUT2D eigenvalue weighted by atomic mass is 28.4. The molecule has 0 aromatic heterocycles. The van der Waals surface area contributed by atoms with Crippen LogP contribution in [0.4, 0.5) is 0 Å². The van der Waals surface area contributed by atoms with Gasteiger partial charge < -0.3 is 4.43 Å². The van der Waals surface area contributed by atoms with Crippen molar-refractivity contribution >= 4 is 8.32 Å². The summed E-state index contributed by atoms with van der Waals surface area (Å²) in [6.45, 7) is 11.3. The van der Waals surface area contributed by atoms with E-state index in [-0.39, 0.29) is 5.04 Å². The van der Waals surface area contributed by atoms with Crippen molar-refractivity contribution in [2.75, 3.05) is 0 Å². The highest BCUT2D eigenvalue weighted by molar-refractivity contribution is 6.74. The molecule has 1 nitrogen and oxygen atoms in total. The number of hydrogen-bond donors (Lipinski definition) is 0. The minimum Gasteiger partial charge on any atom is -0.500 e. The summed E-state index contributed by atoms with van der Waals surface area (Å²) in [5.41, 5.74) is 0. The van der Waals surface area contributed by atoms with Crippen molar-refractivity contribution in [3.63, 3.8) is 0 Å². The maximum atomic E-state index is 5.87. The van der Waals surface area contributed by atoms with Crippen LogP contribution >= 0.6 is 0 Å². The third-order valence-corrected chi connectivity index (χ3v) is 8.21. The average Bonchev–Trinajstić information content (AvgIpc) is 2.17. The normalized spacial score (nSPS) is 18.8. The topological polar surface area (TPSA) is 9.23 Å². The minimum atomic E-state index is -1.66. The largest absolute Gasteiger partial charge is 0.500 e. The molecule has 1 aliphatic rings. The summed E-state index contributed by atoms with van der Waals surface area (Å²) in [7, 11) is -1.66. The molecule has 1 rings (SSSR count). The molecule has 0 atom stereocenters. The van der Waals surface area contributed by atoms with Crippen molar-refractivity contribution in [1.29, 1.82) is 0 Å². The quantitative estimate of drug-likeness (QED) is 0.481.